The summed E-state index contributed by atoms with van der Waals surface area (Å²) in [5, 5.41) is 11.1. The van der Waals surface area contributed by atoms with Crippen LogP contribution in [0.4, 0.5) is 0 Å². The largest absolute Gasteiger partial charge is 0.465 e. The van der Waals surface area contributed by atoms with Gasteiger partial charge in [-0.1, -0.05) is 0 Å². The average molecular weight is 305 g/mol. The minimum absolute atomic E-state index is 0.00144. The molecule has 0 aliphatic carbocycles. The number of esters is 1. The van der Waals surface area contributed by atoms with E-state index in [4.69, 9.17) is 0 Å². The van der Waals surface area contributed by atoms with Crippen LogP contribution in [0.1, 0.15) is 21.7 Å². The summed E-state index contributed by atoms with van der Waals surface area (Å²) in [7, 11) is -2.55. The topological polar surface area (TPSA) is 83.9 Å². The molecule has 0 amide bonds. The molecule has 19 heavy (non-hydrogen) atoms. The van der Waals surface area contributed by atoms with E-state index in [2.05, 4.69) is 4.74 Å². The number of aliphatic hydroxyl groups is 1. The van der Waals surface area contributed by atoms with Crippen LogP contribution in [0.5, 0.6) is 0 Å². The number of nitrogens with zero attached hydrogens (tertiary/aromatic N) is 1. The first-order valence-electron chi connectivity index (χ1n) is 5.72. The SMILES string of the molecule is COC(=O)c1scc(C)c1S(=O)(=O)N1CC[C@@H](O)C1. The van der Waals surface area contributed by atoms with Crippen molar-refractivity contribution in [2.24, 2.45) is 0 Å². The Morgan fingerprint density at radius 1 is 1.58 bits per heavy atom. The van der Waals surface area contributed by atoms with E-state index in [1.807, 2.05) is 0 Å². The molecule has 1 aromatic rings. The summed E-state index contributed by atoms with van der Waals surface area (Å²) in [6.07, 6.45) is -0.231. The first-order valence-corrected chi connectivity index (χ1v) is 8.04. The number of rotatable bonds is 3. The molecule has 1 aromatic heterocycles. The van der Waals surface area contributed by atoms with Crippen molar-refractivity contribution in [2.45, 2.75) is 24.3 Å². The summed E-state index contributed by atoms with van der Waals surface area (Å²) >= 11 is 1.05. The third-order valence-corrected chi connectivity index (χ3v) is 6.27. The molecule has 1 saturated heterocycles. The number of sulfonamides is 1. The van der Waals surface area contributed by atoms with Gasteiger partial charge in [0.05, 0.1) is 13.2 Å². The van der Waals surface area contributed by atoms with Crippen LogP contribution in [-0.4, -0.2) is 50.1 Å². The number of ether oxygens (including phenoxy) is 1. The van der Waals surface area contributed by atoms with Gasteiger partial charge in [0, 0.05) is 13.1 Å². The number of hydrogen-bond acceptors (Lipinski definition) is 6. The van der Waals surface area contributed by atoms with Crippen molar-refractivity contribution < 1.29 is 23.1 Å². The Labute approximate surface area is 115 Å². The Bertz CT molecular complexity index is 592. The monoisotopic (exact) mass is 305 g/mol. The number of carbonyl (C=O) groups excluding carboxylic acids is 1. The van der Waals surface area contributed by atoms with Crippen molar-refractivity contribution in [1.29, 1.82) is 0 Å². The number of aliphatic hydroxyl groups excluding tert-OH is 1. The highest BCUT2D eigenvalue weighted by Crippen LogP contribution is 2.31. The van der Waals surface area contributed by atoms with Gasteiger partial charge in [-0.05, 0) is 24.3 Å². The van der Waals surface area contributed by atoms with E-state index >= 15 is 0 Å². The fraction of sp³-hybridized carbons (Fsp3) is 0.545. The molecular weight excluding hydrogens is 290 g/mol. The lowest BCUT2D eigenvalue weighted by Crippen LogP contribution is -2.30. The number of β-amino-alcohol motifs (C(OH)–C–C–N with tert-alkyl or cyclic N) is 1. The third kappa shape index (κ3) is 2.53. The summed E-state index contributed by atoms with van der Waals surface area (Å²) in [4.78, 5) is 11.7. The van der Waals surface area contributed by atoms with Crippen molar-refractivity contribution in [2.75, 3.05) is 20.2 Å². The highest BCUT2D eigenvalue weighted by molar-refractivity contribution is 7.89. The van der Waals surface area contributed by atoms with Gasteiger partial charge in [-0.2, -0.15) is 4.31 Å². The zero-order chi connectivity index (χ0) is 14.2. The summed E-state index contributed by atoms with van der Waals surface area (Å²) in [6, 6.07) is 0. The molecule has 1 fully saturated rings. The van der Waals surface area contributed by atoms with E-state index < -0.39 is 22.1 Å². The van der Waals surface area contributed by atoms with Crippen molar-refractivity contribution in [3.63, 3.8) is 0 Å². The molecule has 0 saturated carbocycles. The Morgan fingerprint density at radius 2 is 2.26 bits per heavy atom. The molecule has 0 bridgehead atoms. The van der Waals surface area contributed by atoms with E-state index in [9.17, 15) is 18.3 Å². The van der Waals surface area contributed by atoms with Crippen molar-refractivity contribution in [3.05, 3.63) is 15.8 Å². The Hall–Kier alpha value is -0.960. The highest BCUT2D eigenvalue weighted by atomic mass is 32.2. The first kappa shape index (κ1) is 14.4. The van der Waals surface area contributed by atoms with Crippen LogP contribution in [0.2, 0.25) is 0 Å². The summed E-state index contributed by atoms with van der Waals surface area (Å²) in [5.74, 6) is -0.656. The van der Waals surface area contributed by atoms with Gasteiger partial charge in [0.1, 0.15) is 9.77 Å². The van der Waals surface area contributed by atoms with Crippen LogP contribution in [0.3, 0.4) is 0 Å². The zero-order valence-electron chi connectivity index (χ0n) is 10.6. The van der Waals surface area contributed by atoms with E-state index in [1.54, 1.807) is 12.3 Å². The number of thiophene rings is 1. The van der Waals surface area contributed by atoms with E-state index in [1.165, 1.54) is 11.4 Å². The molecule has 1 aliphatic rings. The molecule has 1 aliphatic heterocycles. The molecule has 0 unspecified atom stereocenters. The van der Waals surface area contributed by atoms with Gasteiger partial charge in [0.25, 0.3) is 0 Å². The standard InChI is InChI=1S/C11H15NO5S2/c1-7-6-18-9(11(14)17-2)10(7)19(15,16)12-4-3-8(13)5-12/h6,8,13H,3-5H2,1-2H3/t8-/m1/s1. The minimum Gasteiger partial charge on any atom is -0.465 e. The van der Waals surface area contributed by atoms with Crippen LogP contribution in [0, 0.1) is 6.92 Å². The highest BCUT2D eigenvalue weighted by Gasteiger charge is 2.36. The van der Waals surface area contributed by atoms with Crippen molar-refractivity contribution >= 4 is 27.3 Å². The molecule has 1 N–H and O–H groups in total. The maximum Gasteiger partial charge on any atom is 0.349 e. The van der Waals surface area contributed by atoms with Crippen LogP contribution < -0.4 is 0 Å². The lowest BCUT2D eigenvalue weighted by atomic mass is 10.3. The van der Waals surface area contributed by atoms with Gasteiger partial charge in [0.15, 0.2) is 0 Å². The fourth-order valence-corrected chi connectivity index (χ4v) is 5.20. The number of carbonyl (C=O) groups is 1. The van der Waals surface area contributed by atoms with Gasteiger partial charge >= 0.3 is 5.97 Å². The van der Waals surface area contributed by atoms with Gasteiger partial charge in [-0.15, -0.1) is 11.3 Å². The number of hydrogen-bond donors (Lipinski definition) is 1. The number of aryl methyl sites for hydroxylation is 1. The van der Waals surface area contributed by atoms with Gasteiger partial charge in [-0.25, -0.2) is 13.2 Å². The second-order valence-electron chi connectivity index (χ2n) is 4.37. The Morgan fingerprint density at radius 3 is 2.79 bits per heavy atom. The fourth-order valence-electron chi connectivity index (χ4n) is 2.05. The molecule has 0 spiro atoms. The quantitative estimate of drug-likeness (QED) is 0.827. The van der Waals surface area contributed by atoms with Crippen LogP contribution >= 0.6 is 11.3 Å². The molecule has 0 aromatic carbocycles. The predicted molar refractivity (Wildman–Crippen MR) is 69.8 cm³/mol. The zero-order valence-corrected chi connectivity index (χ0v) is 12.3. The third-order valence-electron chi connectivity index (χ3n) is 3.01. The van der Waals surface area contributed by atoms with Crippen molar-refractivity contribution in [1.82, 2.24) is 4.31 Å². The molecule has 8 heteroatoms. The van der Waals surface area contributed by atoms with Crippen LogP contribution in [0.25, 0.3) is 0 Å². The van der Waals surface area contributed by atoms with Gasteiger partial charge in [-0.3, -0.25) is 0 Å². The molecule has 106 valence electrons. The van der Waals surface area contributed by atoms with E-state index in [-0.39, 0.29) is 22.9 Å². The van der Waals surface area contributed by atoms with E-state index in [0.29, 0.717) is 12.0 Å². The smallest absolute Gasteiger partial charge is 0.349 e. The number of methoxy groups -OCH3 is 1. The lowest BCUT2D eigenvalue weighted by molar-refractivity contribution is 0.0602. The predicted octanol–water partition coefficient (Wildman–Crippen LogP) is 0.598. The van der Waals surface area contributed by atoms with Crippen LogP contribution in [-0.2, 0) is 14.8 Å². The van der Waals surface area contributed by atoms with E-state index in [0.717, 1.165) is 11.3 Å². The normalized spacial score (nSPS) is 20.7. The maximum absolute atomic E-state index is 12.5. The van der Waals surface area contributed by atoms with Gasteiger partial charge in [0.2, 0.25) is 10.0 Å². The molecule has 1 atom stereocenters. The molecule has 0 radical (unpaired) electrons. The average Bonchev–Trinajstić information content (AvgIpc) is 2.95. The Kier molecular flexibility index (Phi) is 3.95. The molecule has 6 nitrogen and oxygen atoms in total. The Balaban J connectivity index is 2.46. The molecule has 2 heterocycles. The van der Waals surface area contributed by atoms with Gasteiger partial charge < -0.3 is 9.84 Å². The molecule has 2 rings (SSSR count). The summed E-state index contributed by atoms with van der Waals surface area (Å²) < 4.78 is 30.8. The summed E-state index contributed by atoms with van der Waals surface area (Å²) in [5.41, 5.74) is 0.520. The second kappa shape index (κ2) is 5.20. The molecular formula is C11H15NO5S2. The second-order valence-corrected chi connectivity index (χ2v) is 7.13. The lowest BCUT2D eigenvalue weighted by Gasteiger charge is -2.16. The van der Waals surface area contributed by atoms with Crippen molar-refractivity contribution in [3.8, 4) is 0 Å². The first-order chi connectivity index (χ1) is 8.87. The van der Waals surface area contributed by atoms with Crippen LogP contribution in [0.15, 0.2) is 10.3 Å². The summed E-state index contributed by atoms with van der Waals surface area (Å²) in [6.45, 7) is 1.97. The minimum atomic E-state index is -3.76. The maximum atomic E-state index is 12.5.